The van der Waals surface area contributed by atoms with Crippen LogP contribution < -0.4 is 5.32 Å². The van der Waals surface area contributed by atoms with Crippen molar-refractivity contribution in [1.82, 2.24) is 5.32 Å². The molecular formula is C18H31N. The topological polar surface area (TPSA) is 12.0 Å². The van der Waals surface area contributed by atoms with Crippen LogP contribution in [0.3, 0.4) is 0 Å². The predicted molar refractivity (Wildman–Crippen MR) is 85.9 cm³/mol. The molecule has 1 nitrogen and oxygen atoms in total. The van der Waals surface area contributed by atoms with Crippen molar-refractivity contribution in [3.8, 4) is 0 Å². The fourth-order valence-electron chi connectivity index (χ4n) is 2.98. The normalized spacial score (nSPS) is 13.6. The molecular weight excluding hydrogens is 230 g/mol. The van der Waals surface area contributed by atoms with Gasteiger partial charge in [0.2, 0.25) is 0 Å². The van der Waals surface area contributed by atoms with Crippen LogP contribution in [0.5, 0.6) is 0 Å². The van der Waals surface area contributed by atoms with Gasteiger partial charge in [0.1, 0.15) is 0 Å². The monoisotopic (exact) mass is 261 g/mol. The molecule has 0 fully saturated rings. The first-order chi connectivity index (χ1) is 8.75. The Hall–Kier alpha value is -0.820. The zero-order chi connectivity index (χ0) is 14.6. The van der Waals surface area contributed by atoms with Crippen LogP contribution in [0.25, 0.3) is 0 Å². The van der Waals surface area contributed by atoms with E-state index in [0.29, 0.717) is 11.5 Å². The average Bonchev–Trinajstić information content (AvgIpc) is 2.24. The summed E-state index contributed by atoms with van der Waals surface area (Å²) in [5.74, 6) is 0. The van der Waals surface area contributed by atoms with Crippen molar-refractivity contribution in [3.05, 3.63) is 34.4 Å². The number of hydrogen-bond acceptors (Lipinski definition) is 1. The quantitative estimate of drug-likeness (QED) is 0.819. The van der Waals surface area contributed by atoms with Gasteiger partial charge in [-0.1, -0.05) is 45.4 Å². The van der Waals surface area contributed by atoms with Crippen molar-refractivity contribution in [2.24, 2.45) is 5.41 Å². The van der Waals surface area contributed by atoms with Gasteiger partial charge in [-0.3, -0.25) is 0 Å². The number of aryl methyl sites for hydroxylation is 3. The Morgan fingerprint density at radius 1 is 1.05 bits per heavy atom. The molecule has 19 heavy (non-hydrogen) atoms. The van der Waals surface area contributed by atoms with E-state index in [9.17, 15) is 0 Å². The predicted octanol–water partition coefficient (Wildman–Crippen LogP) is 4.57. The summed E-state index contributed by atoms with van der Waals surface area (Å²) in [5.41, 5.74) is 6.13. The molecule has 0 bridgehead atoms. The minimum absolute atomic E-state index is 0.322. The zero-order valence-electron chi connectivity index (χ0n) is 13.9. The second kappa shape index (κ2) is 6.56. The maximum absolute atomic E-state index is 3.64. The summed E-state index contributed by atoms with van der Waals surface area (Å²) < 4.78 is 0. The maximum atomic E-state index is 3.64. The molecule has 0 radical (unpaired) electrons. The molecule has 0 aliphatic carbocycles. The molecule has 1 aromatic rings. The molecule has 0 aliphatic heterocycles. The molecule has 0 heterocycles. The Bertz CT molecular complexity index is 389. The molecule has 0 aliphatic rings. The average molecular weight is 261 g/mol. The van der Waals surface area contributed by atoms with Gasteiger partial charge < -0.3 is 5.32 Å². The summed E-state index contributed by atoms with van der Waals surface area (Å²) in [6.45, 7) is 16.9. The van der Waals surface area contributed by atoms with Gasteiger partial charge in [0.25, 0.3) is 0 Å². The lowest BCUT2D eigenvalue weighted by molar-refractivity contribution is 0.258. The van der Waals surface area contributed by atoms with Gasteiger partial charge in [-0.2, -0.15) is 0 Å². The first kappa shape index (κ1) is 16.2. The third-order valence-corrected chi connectivity index (χ3v) is 4.02. The highest BCUT2D eigenvalue weighted by atomic mass is 14.9. The Morgan fingerprint density at radius 3 is 2.00 bits per heavy atom. The Labute approximate surface area is 119 Å². The van der Waals surface area contributed by atoms with Crippen LogP contribution in [-0.4, -0.2) is 12.6 Å². The van der Waals surface area contributed by atoms with E-state index >= 15 is 0 Å². The largest absolute Gasteiger partial charge is 0.314 e. The zero-order valence-corrected chi connectivity index (χ0v) is 13.9. The highest BCUT2D eigenvalue weighted by molar-refractivity contribution is 5.37. The van der Waals surface area contributed by atoms with Gasteiger partial charge in [0.15, 0.2) is 0 Å². The molecule has 0 saturated heterocycles. The summed E-state index contributed by atoms with van der Waals surface area (Å²) >= 11 is 0. The molecule has 0 amide bonds. The summed E-state index contributed by atoms with van der Waals surface area (Å²) in [6.07, 6.45) is 2.38. The van der Waals surface area contributed by atoms with Gasteiger partial charge in [0.05, 0.1) is 0 Å². The summed E-state index contributed by atoms with van der Waals surface area (Å²) in [6, 6.07) is 5.20. The van der Waals surface area contributed by atoms with Crippen molar-refractivity contribution in [1.29, 1.82) is 0 Å². The number of rotatable bonds is 5. The Morgan fingerprint density at radius 2 is 1.58 bits per heavy atom. The first-order valence-corrected chi connectivity index (χ1v) is 7.55. The molecule has 1 unspecified atom stereocenters. The highest BCUT2D eigenvalue weighted by Gasteiger charge is 2.23. The van der Waals surface area contributed by atoms with Crippen LogP contribution in [0.4, 0.5) is 0 Å². The number of benzene rings is 1. The van der Waals surface area contributed by atoms with Gasteiger partial charge in [-0.25, -0.2) is 0 Å². The molecule has 1 rings (SSSR count). The molecule has 1 N–H and O–H groups in total. The van der Waals surface area contributed by atoms with Crippen LogP contribution >= 0.6 is 0 Å². The second-order valence-corrected chi connectivity index (χ2v) is 6.89. The standard InChI is InChI=1S/C18H31N/c1-8-19-17(18(5,6)7)10-9-16-14(3)11-13(2)12-15(16)4/h11-12,17,19H,8-10H2,1-7H3. The van der Waals surface area contributed by atoms with Crippen LogP contribution in [0.15, 0.2) is 12.1 Å². The third kappa shape index (κ3) is 4.65. The molecule has 1 atom stereocenters. The van der Waals surface area contributed by atoms with Crippen molar-refractivity contribution in [2.45, 2.75) is 67.3 Å². The number of hydrogen-bond donors (Lipinski definition) is 1. The molecule has 0 saturated carbocycles. The maximum Gasteiger partial charge on any atom is 0.0119 e. The number of nitrogens with one attached hydrogen (secondary N) is 1. The lowest BCUT2D eigenvalue weighted by atomic mass is 9.82. The highest BCUT2D eigenvalue weighted by Crippen LogP contribution is 2.25. The molecule has 0 aromatic heterocycles. The summed E-state index contributed by atoms with van der Waals surface area (Å²) in [7, 11) is 0. The van der Waals surface area contributed by atoms with Gasteiger partial charge in [-0.15, -0.1) is 0 Å². The summed E-state index contributed by atoms with van der Waals surface area (Å²) in [4.78, 5) is 0. The van der Waals surface area contributed by atoms with Gasteiger partial charge in [-0.05, 0) is 62.3 Å². The van der Waals surface area contributed by atoms with E-state index in [1.807, 2.05) is 0 Å². The van der Waals surface area contributed by atoms with E-state index in [0.717, 1.165) is 6.54 Å². The minimum atomic E-state index is 0.322. The molecule has 0 spiro atoms. The van der Waals surface area contributed by atoms with Crippen LogP contribution in [0.1, 0.15) is 56.4 Å². The van der Waals surface area contributed by atoms with Crippen molar-refractivity contribution < 1.29 is 0 Å². The first-order valence-electron chi connectivity index (χ1n) is 7.55. The lowest BCUT2D eigenvalue weighted by Gasteiger charge is -2.32. The smallest absolute Gasteiger partial charge is 0.0119 e. The van der Waals surface area contributed by atoms with Crippen molar-refractivity contribution in [3.63, 3.8) is 0 Å². The minimum Gasteiger partial charge on any atom is -0.314 e. The third-order valence-electron chi connectivity index (χ3n) is 4.02. The molecule has 1 heteroatoms. The van der Waals surface area contributed by atoms with E-state index < -0.39 is 0 Å². The Balaban J connectivity index is 2.80. The van der Waals surface area contributed by atoms with Gasteiger partial charge in [0, 0.05) is 6.04 Å². The van der Waals surface area contributed by atoms with E-state index in [2.05, 4.69) is 65.9 Å². The van der Waals surface area contributed by atoms with E-state index in [-0.39, 0.29) is 0 Å². The van der Waals surface area contributed by atoms with Crippen LogP contribution in [0, 0.1) is 26.2 Å². The van der Waals surface area contributed by atoms with E-state index in [1.165, 1.54) is 35.1 Å². The van der Waals surface area contributed by atoms with E-state index in [1.54, 1.807) is 0 Å². The van der Waals surface area contributed by atoms with E-state index in [4.69, 9.17) is 0 Å². The second-order valence-electron chi connectivity index (χ2n) is 6.89. The SMILES string of the molecule is CCNC(CCc1c(C)cc(C)cc1C)C(C)(C)C. The fourth-order valence-corrected chi connectivity index (χ4v) is 2.98. The van der Waals surface area contributed by atoms with Crippen molar-refractivity contribution in [2.75, 3.05) is 6.54 Å². The van der Waals surface area contributed by atoms with Crippen molar-refractivity contribution >= 4 is 0 Å². The fraction of sp³-hybridized carbons (Fsp3) is 0.667. The lowest BCUT2D eigenvalue weighted by Crippen LogP contribution is -2.40. The summed E-state index contributed by atoms with van der Waals surface area (Å²) in [5, 5.41) is 3.64. The van der Waals surface area contributed by atoms with Crippen LogP contribution in [-0.2, 0) is 6.42 Å². The van der Waals surface area contributed by atoms with Gasteiger partial charge >= 0.3 is 0 Å². The molecule has 108 valence electrons. The van der Waals surface area contributed by atoms with Crippen LogP contribution in [0.2, 0.25) is 0 Å². The Kier molecular flexibility index (Phi) is 5.61. The molecule has 1 aromatic carbocycles.